The van der Waals surface area contributed by atoms with Crippen LogP contribution in [0.25, 0.3) is 0 Å². The third-order valence-corrected chi connectivity index (χ3v) is 5.52. The fourth-order valence-corrected chi connectivity index (χ4v) is 3.68. The lowest BCUT2D eigenvalue weighted by Gasteiger charge is -2.34. The number of carbonyl (C=O) groups is 1. The molecule has 2 heterocycles. The predicted molar refractivity (Wildman–Crippen MR) is 106 cm³/mol. The molecule has 8 heteroatoms. The summed E-state index contributed by atoms with van der Waals surface area (Å²) in [7, 11) is 0. The van der Waals surface area contributed by atoms with Crippen LogP contribution >= 0.6 is 0 Å². The van der Waals surface area contributed by atoms with Gasteiger partial charge in [0.25, 0.3) is 5.56 Å². The van der Waals surface area contributed by atoms with Crippen LogP contribution in [0.3, 0.4) is 0 Å². The van der Waals surface area contributed by atoms with Gasteiger partial charge < -0.3 is 4.90 Å². The monoisotopic (exact) mass is 393 g/mol. The maximum atomic E-state index is 12.7. The normalized spacial score (nSPS) is 17.1. The second-order valence-electron chi connectivity index (χ2n) is 7.61. The molecular formula is C21H23N5O3. The van der Waals surface area contributed by atoms with Gasteiger partial charge in [-0.05, 0) is 18.4 Å². The third-order valence-electron chi connectivity index (χ3n) is 5.52. The number of amides is 1. The Morgan fingerprint density at radius 1 is 1.07 bits per heavy atom. The molecule has 1 aliphatic heterocycles. The van der Waals surface area contributed by atoms with E-state index in [1.54, 1.807) is 4.90 Å². The van der Waals surface area contributed by atoms with Crippen molar-refractivity contribution in [2.75, 3.05) is 26.2 Å². The summed E-state index contributed by atoms with van der Waals surface area (Å²) >= 11 is 0. The van der Waals surface area contributed by atoms with Gasteiger partial charge in [-0.25, -0.2) is 9.36 Å². The van der Waals surface area contributed by atoms with Crippen molar-refractivity contribution in [1.29, 1.82) is 5.26 Å². The van der Waals surface area contributed by atoms with Gasteiger partial charge in [0.15, 0.2) is 0 Å². The maximum Gasteiger partial charge on any atom is 0.331 e. The first-order valence-corrected chi connectivity index (χ1v) is 9.87. The number of hydrogen-bond acceptors (Lipinski definition) is 5. The number of hydrogen-bond donors (Lipinski definition) is 0. The summed E-state index contributed by atoms with van der Waals surface area (Å²) in [5, 5.41) is 9.21. The lowest BCUT2D eigenvalue weighted by Crippen LogP contribution is -2.51. The molecule has 1 aromatic heterocycles. The number of carbonyl (C=O) groups excluding carboxylic acids is 1. The lowest BCUT2D eigenvalue weighted by molar-refractivity contribution is -0.133. The second-order valence-corrected chi connectivity index (χ2v) is 7.61. The van der Waals surface area contributed by atoms with Crippen LogP contribution in [0.2, 0.25) is 0 Å². The number of benzene rings is 1. The van der Waals surface area contributed by atoms with E-state index >= 15 is 0 Å². The third kappa shape index (κ3) is 4.15. The first kappa shape index (κ1) is 19.2. The number of rotatable bonds is 5. The van der Waals surface area contributed by atoms with E-state index in [-0.39, 0.29) is 24.1 Å². The van der Waals surface area contributed by atoms with Gasteiger partial charge in [-0.2, -0.15) is 5.26 Å². The molecule has 4 rings (SSSR count). The van der Waals surface area contributed by atoms with Crippen molar-refractivity contribution >= 4 is 5.91 Å². The first-order chi connectivity index (χ1) is 14.1. The van der Waals surface area contributed by atoms with Crippen molar-refractivity contribution in [3.63, 3.8) is 0 Å². The topological polar surface area (TPSA) is 91.3 Å². The van der Waals surface area contributed by atoms with E-state index in [0.717, 1.165) is 37.0 Å². The molecule has 0 spiro atoms. The quantitative estimate of drug-likeness (QED) is 0.740. The minimum absolute atomic E-state index is 0.0260. The van der Waals surface area contributed by atoms with Crippen LogP contribution in [-0.4, -0.2) is 51.0 Å². The van der Waals surface area contributed by atoms with Gasteiger partial charge in [-0.15, -0.1) is 0 Å². The average molecular weight is 393 g/mol. The molecule has 0 unspecified atom stereocenters. The van der Waals surface area contributed by atoms with Crippen molar-refractivity contribution in [1.82, 2.24) is 18.9 Å². The van der Waals surface area contributed by atoms with E-state index in [1.807, 2.05) is 24.3 Å². The SMILES string of the molecule is N#Cc1cn(C2CC2)c(=O)n(CC(=O)N2CCN(Cc3ccccc3)CC2)c1=O. The van der Waals surface area contributed by atoms with Crippen LogP contribution in [-0.2, 0) is 17.9 Å². The molecule has 1 amide bonds. The average Bonchev–Trinajstić information content (AvgIpc) is 3.58. The highest BCUT2D eigenvalue weighted by Gasteiger charge is 2.28. The summed E-state index contributed by atoms with van der Waals surface area (Å²) in [5.41, 5.74) is -0.0669. The lowest BCUT2D eigenvalue weighted by atomic mass is 10.2. The molecular weight excluding hydrogens is 370 g/mol. The summed E-state index contributed by atoms with van der Waals surface area (Å²) in [6, 6.07) is 12.0. The molecule has 2 fully saturated rings. The van der Waals surface area contributed by atoms with Gasteiger partial charge in [-0.3, -0.25) is 19.1 Å². The van der Waals surface area contributed by atoms with E-state index in [0.29, 0.717) is 13.1 Å². The minimum Gasteiger partial charge on any atom is -0.339 e. The molecule has 1 saturated heterocycles. The van der Waals surface area contributed by atoms with Crippen molar-refractivity contribution in [3.8, 4) is 6.07 Å². The molecule has 2 aromatic rings. The zero-order chi connectivity index (χ0) is 20.4. The maximum absolute atomic E-state index is 12.7. The van der Waals surface area contributed by atoms with Crippen LogP contribution in [0.5, 0.6) is 0 Å². The van der Waals surface area contributed by atoms with Crippen LogP contribution in [0.15, 0.2) is 46.1 Å². The van der Waals surface area contributed by atoms with Crippen molar-refractivity contribution < 1.29 is 4.79 Å². The van der Waals surface area contributed by atoms with E-state index in [9.17, 15) is 19.6 Å². The van der Waals surface area contributed by atoms with E-state index in [2.05, 4.69) is 17.0 Å². The summed E-state index contributed by atoms with van der Waals surface area (Å²) in [6.45, 7) is 3.09. The Morgan fingerprint density at radius 2 is 1.76 bits per heavy atom. The first-order valence-electron chi connectivity index (χ1n) is 9.87. The van der Waals surface area contributed by atoms with E-state index in [1.165, 1.54) is 16.3 Å². The summed E-state index contributed by atoms with van der Waals surface area (Å²) in [5.74, 6) is -0.263. The van der Waals surface area contributed by atoms with Gasteiger partial charge in [0, 0.05) is 45.0 Å². The highest BCUT2D eigenvalue weighted by atomic mass is 16.2. The minimum atomic E-state index is -0.689. The molecule has 1 aromatic carbocycles. The van der Waals surface area contributed by atoms with Crippen LogP contribution in [0.1, 0.15) is 30.0 Å². The highest BCUT2D eigenvalue weighted by molar-refractivity contribution is 5.76. The van der Waals surface area contributed by atoms with Crippen molar-refractivity contribution in [3.05, 3.63) is 68.5 Å². The summed E-state index contributed by atoms with van der Waals surface area (Å²) in [4.78, 5) is 41.8. The zero-order valence-corrected chi connectivity index (χ0v) is 16.2. The molecule has 1 saturated carbocycles. The Kier molecular flexibility index (Phi) is 5.32. The molecule has 29 heavy (non-hydrogen) atoms. The summed E-state index contributed by atoms with van der Waals surface area (Å²) in [6.07, 6.45) is 3.02. The number of aromatic nitrogens is 2. The van der Waals surface area contributed by atoms with E-state index in [4.69, 9.17) is 0 Å². The molecule has 0 bridgehead atoms. The van der Waals surface area contributed by atoms with Gasteiger partial charge >= 0.3 is 5.69 Å². The molecule has 1 aliphatic carbocycles. The smallest absolute Gasteiger partial charge is 0.331 e. The van der Waals surface area contributed by atoms with Gasteiger partial charge in [-0.1, -0.05) is 30.3 Å². The van der Waals surface area contributed by atoms with Crippen molar-refractivity contribution in [2.45, 2.75) is 32.0 Å². The molecule has 2 aliphatic rings. The molecule has 0 N–H and O–H groups in total. The Morgan fingerprint density at radius 3 is 2.38 bits per heavy atom. The van der Waals surface area contributed by atoms with Gasteiger partial charge in [0.05, 0.1) is 0 Å². The van der Waals surface area contributed by atoms with Gasteiger partial charge in [0.2, 0.25) is 5.91 Å². The standard InChI is InChI=1S/C21H23N5O3/c22-12-17-14-25(18-6-7-18)21(29)26(20(17)28)15-19(27)24-10-8-23(9-11-24)13-16-4-2-1-3-5-16/h1-5,14,18H,6-11,13,15H2. The largest absolute Gasteiger partial charge is 0.339 e. The van der Waals surface area contributed by atoms with Crippen LogP contribution in [0, 0.1) is 11.3 Å². The molecule has 8 nitrogen and oxygen atoms in total. The molecule has 0 atom stereocenters. The second kappa shape index (κ2) is 8.05. The Labute approximate surface area is 168 Å². The van der Waals surface area contributed by atoms with Crippen LogP contribution < -0.4 is 11.2 Å². The summed E-state index contributed by atoms with van der Waals surface area (Å²) < 4.78 is 2.33. The Hall–Kier alpha value is -3.18. The molecule has 150 valence electrons. The fraction of sp³-hybridized carbons (Fsp3) is 0.429. The zero-order valence-electron chi connectivity index (χ0n) is 16.2. The fourth-order valence-electron chi connectivity index (χ4n) is 3.68. The van der Waals surface area contributed by atoms with Crippen molar-refractivity contribution in [2.24, 2.45) is 0 Å². The predicted octanol–water partition coefficient (Wildman–Crippen LogP) is 0.561. The number of piperazine rings is 1. The Balaban J connectivity index is 1.43. The Bertz CT molecular complexity index is 1050. The van der Waals surface area contributed by atoms with E-state index < -0.39 is 11.2 Å². The number of nitrogens with zero attached hydrogens (tertiary/aromatic N) is 5. The molecule has 0 radical (unpaired) electrons. The van der Waals surface area contributed by atoms with Crippen LogP contribution in [0.4, 0.5) is 0 Å². The van der Waals surface area contributed by atoms with Gasteiger partial charge in [0.1, 0.15) is 18.2 Å². The number of nitriles is 1. The highest BCUT2D eigenvalue weighted by Crippen LogP contribution is 2.33.